The first-order valence-corrected chi connectivity index (χ1v) is 10.1. The number of hydrogen-bond acceptors (Lipinski definition) is 4. The highest BCUT2D eigenvalue weighted by Gasteiger charge is 2.20. The summed E-state index contributed by atoms with van der Waals surface area (Å²) < 4.78 is 1.23. The Bertz CT molecular complexity index is 1190. The molecule has 0 amide bonds. The summed E-state index contributed by atoms with van der Waals surface area (Å²) in [6, 6.07) is 21.3. The lowest BCUT2D eigenvalue weighted by Crippen LogP contribution is -2.08. The van der Waals surface area contributed by atoms with Crippen molar-refractivity contribution in [1.82, 2.24) is 4.98 Å². The number of thiazole rings is 1. The second-order valence-electron chi connectivity index (χ2n) is 6.18. The lowest BCUT2D eigenvalue weighted by molar-refractivity contribution is 1.17. The van der Waals surface area contributed by atoms with E-state index in [2.05, 4.69) is 90.8 Å². The van der Waals surface area contributed by atoms with Crippen LogP contribution < -0.4 is 4.90 Å². The average molecular weight is 373 g/mol. The number of rotatable bonds is 2. The van der Waals surface area contributed by atoms with Crippen LogP contribution >= 0.6 is 23.1 Å². The molecule has 126 valence electrons. The third-order valence-corrected chi connectivity index (χ3v) is 6.72. The molecule has 5 rings (SSSR count). The van der Waals surface area contributed by atoms with Crippen LogP contribution in [0.5, 0.6) is 0 Å². The minimum Gasteiger partial charge on any atom is -0.338 e. The largest absolute Gasteiger partial charge is 0.338 e. The third-order valence-electron chi connectivity index (χ3n) is 4.55. The number of allylic oxidation sites excluding steroid dienone is 2. The quantitative estimate of drug-likeness (QED) is 0.397. The molecule has 26 heavy (non-hydrogen) atoms. The molecule has 2 heterocycles. The second kappa shape index (κ2) is 6.31. The Morgan fingerprint density at radius 2 is 1.81 bits per heavy atom. The first-order valence-electron chi connectivity index (χ1n) is 8.47. The van der Waals surface area contributed by atoms with Gasteiger partial charge in [-0.15, -0.1) is 11.3 Å². The van der Waals surface area contributed by atoms with Gasteiger partial charge in [0.05, 0.1) is 20.9 Å². The Hall–Kier alpha value is -2.56. The van der Waals surface area contributed by atoms with E-state index in [0.29, 0.717) is 0 Å². The van der Waals surface area contributed by atoms with Crippen LogP contribution in [0.2, 0.25) is 0 Å². The van der Waals surface area contributed by atoms with Crippen molar-refractivity contribution in [2.75, 3.05) is 11.9 Å². The molecule has 0 unspecified atom stereocenters. The van der Waals surface area contributed by atoms with Gasteiger partial charge in [0.15, 0.2) is 0 Å². The van der Waals surface area contributed by atoms with Gasteiger partial charge in [-0.25, -0.2) is 4.98 Å². The maximum atomic E-state index is 4.85. The number of hydrogen-bond donors (Lipinski definition) is 0. The van der Waals surface area contributed by atoms with Crippen LogP contribution in [0, 0.1) is 0 Å². The molecule has 0 saturated carbocycles. The highest BCUT2D eigenvalue weighted by molar-refractivity contribution is 8.03. The van der Waals surface area contributed by atoms with Crippen molar-refractivity contribution < 1.29 is 0 Å². The number of nitrogens with zero attached hydrogens (tertiary/aromatic N) is 2. The van der Waals surface area contributed by atoms with Crippen molar-refractivity contribution in [2.45, 2.75) is 4.90 Å². The zero-order valence-corrected chi connectivity index (χ0v) is 15.8. The van der Waals surface area contributed by atoms with E-state index in [0.717, 1.165) is 10.5 Å². The number of aromatic nitrogens is 1. The van der Waals surface area contributed by atoms with Crippen LogP contribution in [0.4, 0.5) is 5.69 Å². The monoisotopic (exact) mass is 372 g/mol. The Balaban J connectivity index is 1.46. The molecule has 0 fully saturated rings. The lowest BCUT2D eigenvalue weighted by Gasteiger charge is -2.12. The molecule has 4 heteroatoms. The number of fused-ring (bicyclic) bond motifs is 4. The predicted octanol–water partition coefficient (Wildman–Crippen LogP) is 6.55. The summed E-state index contributed by atoms with van der Waals surface area (Å²) in [7, 11) is 2.11. The van der Waals surface area contributed by atoms with E-state index in [1.807, 2.05) is 0 Å². The van der Waals surface area contributed by atoms with Gasteiger partial charge in [-0.3, -0.25) is 0 Å². The van der Waals surface area contributed by atoms with Gasteiger partial charge < -0.3 is 4.90 Å². The molecule has 1 aromatic heterocycles. The van der Waals surface area contributed by atoms with Crippen molar-refractivity contribution in [2.24, 2.45) is 0 Å². The van der Waals surface area contributed by atoms with Gasteiger partial charge in [0, 0.05) is 17.3 Å². The van der Waals surface area contributed by atoms with Gasteiger partial charge in [0.2, 0.25) is 0 Å². The van der Waals surface area contributed by atoms with E-state index in [1.165, 1.54) is 31.1 Å². The number of thioether (sulfide) groups is 1. The second-order valence-corrected chi connectivity index (χ2v) is 8.30. The van der Waals surface area contributed by atoms with Crippen LogP contribution in [-0.4, -0.2) is 12.0 Å². The van der Waals surface area contributed by atoms with Crippen molar-refractivity contribution in [3.8, 4) is 0 Å². The van der Waals surface area contributed by atoms with Gasteiger partial charge in [0.1, 0.15) is 5.01 Å². The topological polar surface area (TPSA) is 16.1 Å². The first-order chi connectivity index (χ1) is 12.8. The van der Waals surface area contributed by atoms with Gasteiger partial charge in [-0.2, -0.15) is 0 Å². The smallest absolute Gasteiger partial charge is 0.117 e. The number of anilines is 1. The molecule has 3 aromatic carbocycles. The number of benzene rings is 3. The molecule has 1 aliphatic heterocycles. The van der Waals surface area contributed by atoms with Gasteiger partial charge >= 0.3 is 0 Å². The van der Waals surface area contributed by atoms with E-state index < -0.39 is 0 Å². The fraction of sp³-hybridized carbons (Fsp3) is 0.0455. The molecule has 0 aliphatic carbocycles. The van der Waals surface area contributed by atoms with Crippen molar-refractivity contribution in [1.29, 1.82) is 0 Å². The van der Waals surface area contributed by atoms with Gasteiger partial charge in [0.25, 0.3) is 0 Å². The normalized spacial score (nSPS) is 15.6. The van der Waals surface area contributed by atoms with E-state index in [-0.39, 0.29) is 0 Å². The summed E-state index contributed by atoms with van der Waals surface area (Å²) in [5, 5.41) is 4.73. The molecule has 1 aliphatic rings. The molecule has 0 atom stereocenters. The Morgan fingerprint density at radius 1 is 0.962 bits per heavy atom. The maximum absolute atomic E-state index is 4.85. The third kappa shape index (κ3) is 2.62. The fourth-order valence-electron chi connectivity index (χ4n) is 3.23. The predicted molar refractivity (Wildman–Crippen MR) is 115 cm³/mol. The van der Waals surface area contributed by atoms with Crippen LogP contribution in [-0.2, 0) is 0 Å². The molecule has 0 spiro atoms. The molecule has 0 N–H and O–H groups in total. The number of para-hydroxylation sites is 1. The lowest BCUT2D eigenvalue weighted by atomic mass is 10.1. The maximum Gasteiger partial charge on any atom is 0.117 e. The van der Waals surface area contributed by atoms with Crippen LogP contribution in [0.3, 0.4) is 0 Å². The molecular weight excluding hydrogens is 356 g/mol. The Kier molecular flexibility index (Phi) is 3.80. The molecule has 0 saturated heterocycles. The highest BCUT2D eigenvalue weighted by Crippen LogP contribution is 2.44. The summed E-state index contributed by atoms with van der Waals surface area (Å²) >= 11 is 3.54. The van der Waals surface area contributed by atoms with E-state index in [1.54, 1.807) is 23.1 Å². The van der Waals surface area contributed by atoms with Crippen LogP contribution in [0.15, 0.2) is 82.7 Å². The summed E-state index contributed by atoms with van der Waals surface area (Å²) in [4.78, 5) is 8.38. The summed E-state index contributed by atoms with van der Waals surface area (Å²) in [5.74, 6) is 0. The zero-order chi connectivity index (χ0) is 17.5. The molecule has 0 radical (unpaired) electrons. The first kappa shape index (κ1) is 15.7. The van der Waals surface area contributed by atoms with Crippen LogP contribution in [0.25, 0.3) is 27.1 Å². The molecular formula is C22H16N2S2. The Labute approximate surface area is 160 Å². The molecule has 4 aromatic rings. The van der Waals surface area contributed by atoms with Crippen molar-refractivity contribution in [3.63, 3.8) is 0 Å². The molecule has 2 nitrogen and oxygen atoms in total. The van der Waals surface area contributed by atoms with Gasteiger partial charge in [-0.05, 0) is 35.7 Å². The summed E-state index contributed by atoms with van der Waals surface area (Å²) in [5.41, 5.74) is 2.36. The van der Waals surface area contributed by atoms with Crippen LogP contribution in [0.1, 0.15) is 5.01 Å². The Morgan fingerprint density at radius 3 is 2.73 bits per heavy atom. The minimum atomic E-state index is 1.04. The van der Waals surface area contributed by atoms with Crippen molar-refractivity contribution >= 4 is 55.9 Å². The zero-order valence-electron chi connectivity index (χ0n) is 14.2. The van der Waals surface area contributed by atoms with E-state index in [9.17, 15) is 0 Å². The standard InChI is InChI=1S/C22H16N2S2/c1-24-17-9-4-5-10-18(17)26-21(24)12-6-11-20-23-22-16-8-3-2-7-15(16)13-14-19(22)25-20/h2-14H,1H3. The van der Waals surface area contributed by atoms with Gasteiger partial charge in [-0.1, -0.05) is 60.3 Å². The summed E-state index contributed by atoms with van der Waals surface area (Å²) in [6.45, 7) is 0. The summed E-state index contributed by atoms with van der Waals surface area (Å²) in [6.07, 6.45) is 6.36. The fourth-order valence-corrected chi connectivity index (χ4v) is 5.19. The van der Waals surface area contributed by atoms with E-state index in [4.69, 9.17) is 4.98 Å². The van der Waals surface area contributed by atoms with Crippen molar-refractivity contribution in [3.05, 3.63) is 82.9 Å². The minimum absolute atomic E-state index is 1.04. The highest BCUT2D eigenvalue weighted by atomic mass is 32.2. The average Bonchev–Trinajstić information content (AvgIpc) is 3.23. The SMILES string of the molecule is CN1C(=CC=Cc2nc3c(ccc4ccccc43)s2)Sc2ccccc21. The molecule has 0 bridgehead atoms. The van der Waals surface area contributed by atoms with E-state index >= 15 is 0 Å².